The summed E-state index contributed by atoms with van der Waals surface area (Å²) >= 11 is 3.60. The molecule has 0 saturated carbocycles. The minimum Gasteiger partial charge on any atom is -0.367 e. The van der Waals surface area contributed by atoms with Crippen LogP contribution in [0.1, 0.15) is 25.3 Å². The summed E-state index contributed by atoms with van der Waals surface area (Å²) in [5, 5.41) is 0. The third-order valence-electron chi connectivity index (χ3n) is 3.88. The Morgan fingerprint density at radius 3 is 2.79 bits per heavy atom. The number of nitrogens with two attached hydrogens (primary N) is 1. The molecule has 19 heavy (non-hydrogen) atoms. The second-order valence-corrected chi connectivity index (χ2v) is 6.31. The van der Waals surface area contributed by atoms with Crippen molar-refractivity contribution in [2.45, 2.75) is 32.4 Å². The molecule has 1 unspecified atom stereocenters. The van der Waals surface area contributed by atoms with Crippen LogP contribution in [0.4, 0.5) is 5.69 Å². The molecule has 3 nitrogen and oxygen atoms in total. The van der Waals surface area contributed by atoms with Gasteiger partial charge in [0.1, 0.15) is 0 Å². The summed E-state index contributed by atoms with van der Waals surface area (Å²) in [6.45, 7) is 6.32. The SMILES string of the molecule is CCC1CN(C)CCCN1c1cc(Br)cc(CN)c1. The van der Waals surface area contributed by atoms with Crippen LogP contribution in [0.3, 0.4) is 0 Å². The van der Waals surface area contributed by atoms with Crippen LogP contribution in [-0.4, -0.2) is 37.6 Å². The Hall–Kier alpha value is -0.580. The molecular formula is C15H24BrN3. The molecule has 0 amide bonds. The number of anilines is 1. The molecule has 2 N–H and O–H groups in total. The van der Waals surface area contributed by atoms with E-state index in [0.717, 1.165) is 17.6 Å². The van der Waals surface area contributed by atoms with Crippen molar-refractivity contribution in [1.82, 2.24) is 4.90 Å². The van der Waals surface area contributed by atoms with Gasteiger partial charge >= 0.3 is 0 Å². The Labute approximate surface area is 124 Å². The summed E-state index contributed by atoms with van der Waals surface area (Å²) in [6, 6.07) is 7.15. The van der Waals surface area contributed by atoms with Gasteiger partial charge in [-0.05, 0) is 50.2 Å². The standard InChI is InChI=1S/C15H24BrN3/c1-3-14-11-18(2)5-4-6-19(14)15-8-12(10-17)7-13(16)9-15/h7-9,14H,3-6,10-11,17H2,1-2H3. The molecule has 106 valence electrons. The second kappa shape index (κ2) is 6.73. The summed E-state index contributed by atoms with van der Waals surface area (Å²) in [5.41, 5.74) is 8.28. The number of likely N-dealkylation sites (N-methyl/N-ethyl adjacent to an activating group) is 1. The molecule has 4 heteroatoms. The maximum Gasteiger partial charge on any atom is 0.0414 e. The molecular weight excluding hydrogens is 302 g/mol. The van der Waals surface area contributed by atoms with Gasteiger partial charge in [-0.3, -0.25) is 0 Å². The van der Waals surface area contributed by atoms with Crippen LogP contribution in [-0.2, 0) is 6.54 Å². The van der Waals surface area contributed by atoms with E-state index in [-0.39, 0.29) is 0 Å². The highest BCUT2D eigenvalue weighted by molar-refractivity contribution is 9.10. The molecule has 1 aromatic rings. The van der Waals surface area contributed by atoms with Crippen molar-refractivity contribution in [1.29, 1.82) is 0 Å². The van der Waals surface area contributed by atoms with Gasteiger partial charge in [-0.15, -0.1) is 0 Å². The highest BCUT2D eigenvalue weighted by Crippen LogP contribution is 2.27. The van der Waals surface area contributed by atoms with Gasteiger partial charge in [-0.1, -0.05) is 22.9 Å². The van der Waals surface area contributed by atoms with Gasteiger partial charge in [-0.2, -0.15) is 0 Å². The van der Waals surface area contributed by atoms with Crippen molar-refractivity contribution in [3.05, 3.63) is 28.2 Å². The zero-order valence-electron chi connectivity index (χ0n) is 11.9. The van der Waals surface area contributed by atoms with Crippen LogP contribution in [0.15, 0.2) is 22.7 Å². The number of hydrogen-bond acceptors (Lipinski definition) is 3. The summed E-state index contributed by atoms with van der Waals surface area (Å²) < 4.78 is 1.12. The average molecular weight is 326 g/mol. The lowest BCUT2D eigenvalue weighted by Gasteiger charge is -2.32. The minimum atomic E-state index is 0.590. The first-order valence-corrected chi connectivity index (χ1v) is 7.88. The molecule has 1 saturated heterocycles. The van der Waals surface area contributed by atoms with Crippen molar-refractivity contribution in [3.63, 3.8) is 0 Å². The van der Waals surface area contributed by atoms with Crippen molar-refractivity contribution < 1.29 is 0 Å². The first kappa shape index (κ1) is 14.8. The molecule has 0 aliphatic carbocycles. The van der Waals surface area contributed by atoms with E-state index in [2.05, 4.69) is 57.9 Å². The van der Waals surface area contributed by atoms with Crippen LogP contribution in [0, 0.1) is 0 Å². The molecule has 1 fully saturated rings. The van der Waals surface area contributed by atoms with Gasteiger partial charge in [0.15, 0.2) is 0 Å². The zero-order valence-corrected chi connectivity index (χ0v) is 13.5. The van der Waals surface area contributed by atoms with E-state index in [0.29, 0.717) is 12.6 Å². The number of benzene rings is 1. The fourth-order valence-corrected chi connectivity index (χ4v) is 3.38. The van der Waals surface area contributed by atoms with Crippen LogP contribution >= 0.6 is 15.9 Å². The number of halogens is 1. The summed E-state index contributed by atoms with van der Waals surface area (Å²) in [7, 11) is 2.22. The smallest absolute Gasteiger partial charge is 0.0414 e. The maximum absolute atomic E-state index is 5.79. The molecule has 0 radical (unpaired) electrons. The second-order valence-electron chi connectivity index (χ2n) is 5.39. The summed E-state index contributed by atoms with van der Waals surface area (Å²) in [4.78, 5) is 4.99. The Bertz CT molecular complexity index is 422. The van der Waals surface area contributed by atoms with E-state index >= 15 is 0 Å². The van der Waals surface area contributed by atoms with Gasteiger partial charge in [0.25, 0.3) is 0 Å². The number of hydrogen-bond donors (Lipinski definition) is 1. The van der Waals surface area contributed by atoms with Crippen LogP contribution in [0.5, 0.6) is 0 Å². The van der Waals surface area contributed by atoms with E-state index in [9.17, 15) is 0 Å². The normalized spacial score (nSPS) is 21.5. The molecule has 1 heterocycles. The Balaban J connectivity index is 2.29. The molecule has 2 rings (SSSR count). The van der Waals surface area contributed by atoms with Crippen molar-refractivity contribution >= 4 is 21.6 Å². The van der Waals surface area contributed by atoms with E-state index < -0.39 is 0 Å². The third-order valence-corrected chi connectivity index (χ3v) is 4.34. The fraction of sp³-hybridized carbons (Fsp3) is 0.600. The molecule has 0 aromatic heterocycles. The van der Waals surface area contributed by atoms with Gasteiger partial charge in [0, 0.05) is 35.8 Å². The monoisotopic (exact) mass is 325 g/mol. The highest BCUT2D eigenvalue weighted by Gasteiger charge is 2.22. The third kappa shape index (κ3) is 3.71. The molecule has 1 aliphatic rings. The predicted octanol–water partition coefficient (Wildman–Crippen LogP) is 2.83. The largest absolute Gasteiger partial charge is 0.367 e. The Morgan fingerprint density at radius 1 is 1.32 bits per heavy atom. The van der Waals surface area contributed by atoms with Crippen molar-refractivity contribution in [2.24, 2.45) is 5.73 Å². The van der Waals surface area contributed by atoms with Crippen LogP contribution < -0.4 is 10.6 Å². The molecule has 1 aromatic carbocycles. The molecule has 1 atom stereocenters. The number of rotatable bonds is 3. The maximum atomic E-state index is 5.79. The average Bonchev–Trinajstić information content (AvgIpc) is 2.59. The van der Waals surface area contributed by atoms with E-state index in [1.54, 1.807) is 0 Å². The minimum absolute atomic E-state index is 0.590. The Morgan fingerprint density at radius 2 is 2.11 bits per heavy atom. The predicted molar refractivity (Wildman–Crippen MR) is 85.6 cm³/mol. The topological polar surface area (TPSA) is 32.5 Å². The molecule has 0 bridgehead atoms. The summed E-state index contributed by atoms with van der Waals surface area (Å²) in [6.07, 6.45) is 2.40. The van der Waals surface area contributed by atoms with E-state index in [1.807, 2.05) is 0 Å². The van der Waals surface area contributed by atoms with Crippen LogP contribution in [0.25, 0.3) is 0 Å². The molecule has 0 spiro atoms. The Kier molecular flexibility index (Phi) is 5.25. The van der Waals surface area contributed by atoms with Gasteiger partial charge < -0.3 is 15.5 Å². The quantitative estimate of drug-likeness (QED) is 0.927. The lowest BCUT2D eigenvalue weighted by molar-refractivity contribution is 0.328. The van der Waals surface area contributed by atoms with Gasteiger partial charge in [0.2, 0.25) is 0 Å². The lowest BCUT2D eigenvalue weighted by Crippen LogP contribution is -2.39. The molecule has 1 aliphatic heterocycles. The number of nitrogens with zero attached hydrogens (tertiary/aromatic N) is 2. The first-order chi connectivity index (χ1) is 9.13. The zero-order chi connectivity index (χ0) is 13.8. The fourth-order valence-electron chi connectivity index (χ4n) is 2.85. The van der Waals surface area contributed by atoms with E-state index in [1.165, 1.54) is 30.6 Å². The van der Waals surface area contributed by atoms with E-state index in [4.69, 9.17) is 5.73 Å². The first-order valence-electron chi connectivity index (χ1n) is 7.08. The summed E-state index contributed by atoms with van der Waals surface area (Å²) in [5.74, 6) is 0. The highest BCUT2D eigenvalue weighted by atomic mass is 79.9. The van der Waals surface area contributed by atoms with Gasteiger partial charge in [0.05, 0.1) is 0 Å². The van der Waals surface area contributed by atoms with Gasteiger partial charge in [-0.25, -0.2) is 0 Å². The van der Waals surface area contributed by atoms with Crippen LogP contribution in [0.2, 0.25) is 0 Å². The van der Waals surface area contributed by atoms with Crippen molar-refractivity contribution in [3.8, 4) is 0 Å². The lowest BCUT2D eigenvalue weighted by atomic mass is 10.1. The van der Waals surface area contributed by atoms with Crippen molar-refractivity contribution in [2.75, 3.05) is 31.6 Å².